The molecule has 0 N–H and O–H groups in total. The summed E-state index contributed by atoms with van der Waals surface area (Å²) in [7, 11) is 0. The van der Waals surface area contributed by atoms with Crippen LogP contribution in [0.25, 0.3) is 10.8 Å². The van der Waals surface area contributed by atoms with Gasteiger partial charge in [-0.25, -0.2) is 0 Å². The molecule has 2 aromatic carbocycles. The quantitative estimate of drug-likeness (QED) is 0.619. The van der Waals surface area contributed by atoms with Crippen LogP contribution in [0.3, 0.4) is 0 Å². The van der Waals surface area contributed by atoms with E-state index in [-0.39, 0.29) is 0 Å². The highest BCUT2D eigenvalue weighted by atomic mass is 14.0. The Morgan fingerprint density at radius 1 is 1.21 bits per heavy atom. The molecule has 0 spiro atoms. The van der Waals surface area contributed by atoms with Gasteiger partial charge in [0, 0.05) is 0 Å². The van der Waals surface area contributed by atoms with Crippen LogP contribution in [0.1, 0.15) is 12.5 Å². The van der Waals surface area contributed by atoms with Gasteiger partial charge in [0.15, 0.2) is 0 Å². The molecule has 0 aliphatic rings. The van der Waals surface area contributed by atoms with E-state index in [9.17, 15) is 0 Å². The van der Waals surface area contributed by atoms with Crippen molar-refractivity contribution < 1.29 is 0 Å². The predicted molar refractivity (Wildman–Crippen MR) is 61.3 cm³/mol. The molecule has 0 heteroatoms. The van der Waals surface area contributed by atoms with Crippen LogP contribution in [0, 0.1) is 6.07 Å². The molecule has 0 fully saturated rings. The molecule has 0 bridgehead atoms. The fraction of sp³-hybridized carbons (Fsp3) is 0.143. The monoisotopic (exact) mass is 181 g/mol. The molecular weight excluding hydrogens is 168 g/mol. The number of hydrogen-bond acceptors (Lipinski definition) is 0. The van der Waals surface area contributed by atoms with Gasteiger partial charge in [0.25, 0.3) is 0 Å². The first kappa shape index (κ1) is 9.01. The van der Waals surface area contributed by atoms with Crippen molar-refractivity contribution in [3.63, 3.8) is 0 Å². The Hall–Kier alpha value is -1.56. The number of hydrogen-bond donors (Lipinski definition) is 0. The van der Waals surface area contributed by atoms with E-state index in [0.717, 1.165) is 6.42 Å². The van der Waals surface area contributed by atoms with Crippen molar-refractivity contribution >= 4 is 10.8 Å². The standard InChI is InChI=1S/C14H13/c1-11(2)9-12-7-8-13-5-3-4-6-14(13)10-12/h3-8H,1,9H2,2H3. The van der Waals surface area contributed by atoms with Crippen molar-refractivity contribution in [3.05, 3.63) is 60.2 Å². The highest BCUT2D eigenvalue weighted by Gasteiger charge is 1.96. The third-order valence-corrected chi connectivity index (χ3v) is 2.21. The van der Waals surface area contributed by atoms with Gasteiger partial charge in [0.05, 0.1) is 0 Å². The molecule has 0 amide bonds. The second-order valence-corrected chi connectivity index (χ2v) is 3.70. The van der Waals surface area contributed by atoms with Gasteiger partial charge in [-0.05, 0) is 35.7 Å². The van der Waals surface area contributed by atoms with E-state index < -0.39 is 0 Å². The van der Waals surface area contributed by atoms with Gasteiger partial charge in [-0.2, -0.15) is 0 Å². The minimum absolute atomic E-state index is 0.921. The average molecular weight is 181 g/mol. The lowest BCUT2D eigenvalue weighted by atomic mass is 10.0. The van der Waals surface area contributed by atoms with Crippen LogP contribution in [0.5, 0.6) is 0 Å². The lowest BCUT2D eigenvalue weighted by molar-refractivity contribution is 1.16. The first-order valence-corrected chi connectivity index (χ1v) is 4.80. The number of allylic oxidation sites excluding steroid dienone is 1. The van der Waals surface area contributed by atoms with Crippen molar-refractivity contribution in [2.45, 2.75) is 13.3 Å². The molecule has 69 valence electrons. The molecule has 0 nitrogen and oxygen atoms in total. The topological polar surface area (TPSA) is 0 Å². The summed E-state index contributed by atoms with van der Waals surface area (Å²) in [4.78, 5) is 0. The maximum Gasteiger partial charge on any atom is -0.00609 e. The highest BCUT2D eigenvalue weighted by Crippen LogP contribution is 2.16. The van der Waals surface area contributed by atoms with Crippen molar-refractivity contribution in [1.29, 1.82) is 0 Å². The zero-order chi connectivity index (χ0) is 9.97. The summed E-state index contributed by atoms with van der Waals surface area (Å²) >= 11 is 0. The summed E-state index contributed by atoms with van der Waals surface area (Å²) in [5.74, 6) is 0. The van der Waals surface area contributed by atoms with E-state index in [2.05, 4.69) is 43.0 Å². The van der Waals surface area contributed by atoms with Crippen molar-refractivity contribution in [2.24, 2.45) is 0 Å². The molecule has 14 heavy (non-hydrogen) atoms. The van der Waals surface area contributed by atoms with E-state index in [0.29, 0.717) is 0 Å². The third-order valence-electron chi connectivity index (χ3n) is 2.21. The second kappa shape index (κ2) is 3.67. The summed E-state index contributed by atoms with van der Waals surface area (Å²) < 4.78 is 0. The Labute approximate surface area is 84.9 Å². The van der Waals surface area contributed by atoms with Gasteiger partial charge < -0.3 is 0 Å². The average Bonchev–Trinajstić information content (AvgIpc) is 2.17. The summed E-state index contributed by atoms with van der Waals surface area (Å²) in [6.45, 7) is 5.96. The predicted octanol–water partition coefficient (Wildman–Crippen LogP) is 3.76. The van der Waals surface area contributed by atoms with Gasteiger partial charge in [-0.15, -0.1) is 0 Å². The maximum absolute atomic E-state index is 3.91. The van der Waals surface area contributed by atoms with Crippen LogP contribution < -0.4 is 0 Å². The Morgan fingerprint density at radius 3 is 2.79 bits per heavy atom. The zero-order valence-electron chi connectivity index (χ0n) is 8.38. The van der Waals surface area contributed by atoms with Gasteiger partial charge in [-0.3, -0.25) is 0 Å². The molecule has 2 rings (SSSR count). The molecule has 0 atom stereocenters. The Balaban J connectivity index is 2.46. The lowest BCUT2D eigenvalue weighted by Gasteiger charge is -2.02. The summed E-state index contributed by atoms with van der Waals surface area (Å²) in [6, 6.07) is 16.0. The van der Waals surface area contributed by atoms with Gasteiger partial charge in [-0.1, -0.05) is 48.6 Å². The van der Waals surface area contributed by atoms with E-state index in [1.165, 1.54) is 21.9 Å². The molecule has 0 heterocycles. The van der Waals surface area contributed by atoms with Crippen LogP contribution in [-0.2, 0) is 6.42 Å². The molecule has 0 aromatic heterocycles. The van der Waals surface area contributed by atoms with E-state index in [4.69, 9.17) is 0 Å². The van der Waals surface area contributed by atoms with Gasteiger partial charge >= 0.3 is 0 Å². The maximum atomic E-state index is 3.91. The highest BCUT2D eigenvalue weighted by molar-refractivity contribution is 5.82. The number of rotatable bonds is 2. The van der Waals surface area contributed by atoms with Crippen LogP contribution in [0.15, 0.2) is 48.6 Å². The third kappa shape index (κ3) is 1.85. The molecule has 0 aliphatic carbocycles. The minimum Gasteiger partial charge on any atom is -0.0998 e. The molecule has 2 aromatic rings. The second-order valence-electron chi connectivity index (χ2n) is 3.70. The molecule has 0 saturated carbocycles. The van der Waals surface area contributed by atoms with E-state index in [1.807, 2.05) is 13.0 Å². The first-order chi connectivity index (χ1) is 6.75. The Morgan fingerprint density at radius 2 is 2.00 bits per heavy atom. The van der Waals surface area contributed by atoms with Gasteiger partial charge in [0.1, 0.15) is 0 Å². The summed E-state index contributed by atoms with van der Waals surface area (Å²) in [5, 5.41) is 2.43. The zero-order valence-corrected chi connectivity index (χ0v) is 8.38. The SMILES string of the molecule is C=C(C)Cc1[c]c2ccccc2cc1. The van der Waals surface area contributed by atoms with Crippen LogP contribution in [0.4, 0.5) is 0 Å². The van der Waals surface area contributed by atoms with E-state index in [1.54, 1.807) is 0 Å². The first-order valence-electron chi connectivity index (χ1n) is 4.80. The molecule has 0 saturated heterocycles. The van der Waals surface area contributed by atoms with Crippen molar-refractivity contribution in [1.82, 2.24) is 0 Å². The normalized spacial score (nSPS) is 10.4. The number of benzene rings is 2. The van der Waals surface area contributed by atoms with Crippen LogP contribution in [-0.4, -0.2) is 0 Å². The molecule has 0 unspecified atom stereocenters. The molecular formula is C14H13. The smallest absolute Gasteiger partial charge is 0.00609 e. The fourth-order valence-corrected chi connectivity index (χ4v) is 1.59. The summed E-state index contributed by atoms with van der Waals surface area (Å²) in [6.07, 6.45) is 0.921. The minimum atomic E-state index is 0.921. The molecule has 0 aliphatic heterocycles. The van der Waals surface area contributed by atoms with Crippen LogP contribution >= 0.6 is 0 Å². The number of fused-ring (bicyclic) bond motifs is 1. The lowest BCUT2D eigenvalue weighted by Crippen LogP contribution is -1.85. The summed E-state index contributed by atoms with van der Waals surface area (Å²) in [5.41, 5.74) is 2.40. The Bertz CT molecular complexity index is 466. The Kier molecular flexibility index (Phi) is 2.36. The van der Waals surface area contributed by atoms with Crippen molar-refractivity contribution in [3.8, 4) is 0 Å². The molecule has 1 radical (unpaired) electrons. The largest absolute Gasteiger partial charge is 0.0998 e. The van der Waals surface area contributed by atoms with Crippen LogP contribution in [0.2, 0.25) is 0 Å². The van der Waals surface area contributed by atoms with Crippen molar-refractivity contribution in [2.75, 3.05) is 0 Å². The van der Waals surface area contributed by atoms with E-state index >= 15 is 0 Å². The fourth-order valence-electron chi connectivity index (χ4n) is 1.59. The van der Waals surface area contributed by atoms with Gasteiger partial charge in [0.2, 0.25) is 0 Å².